The molecule has 1 aromatic heterocycles. The average molecular weight is 338 g/mol. The molecule has 0 radical (unpaired) electrons. The SMILES string of the molecule is COc1ccc(CN(C)c2ncnc(NN)c2Br)cc1. The molecule has 1 heterocycles. The summed E-state index contributed by atoms with van der Waals surface area (Å²) in [5.74, 6) is 7.56. The summed E-state index contributed by atoms with van der Waals surface area (Å²) in [5.41, 5.74) is 3.68. The Morgan fingerprint density at radius 2 is 2.00 bits per heavy atom. The first-order valence-electron chi connectivity index (χ1n) is 5.97. The Morgan fingerprint density at radius 3 is 2.60 bits per heavy atom. The number of hydrogen-bond donors (Lipinski definition) is 2. The number of nitrogens with zero attached hydrogens (tertiary/aromatic N) is 3. The molecule has 0 spiro atoms. The Hall–Kier alpha value is -1.86. The Bertz CT molecular complexity index is 575. The molecule has 106 valence electrons. The van der Waals surface area contributed by atoms with E-state index >= 15 is 0 Å². The van der Waals surface area contributed by atoms with Crippen LogP contribution in [-0.2, 0) is 6.54 Å². The van der Waals surface area contributed by atoms with Crippen LogP contribution in [0.15, 0.2) is 35.1 Å². The lowest BCUT2D eigenvalue weighted by atomic mass is 10.2. The summed E-state index contributed by atoms with van der Waals surface area (Å²) in [6.45, 7) is 0.712. The molecule has 2 rings (SSSR count). The second-order valence-electron chi connectivity index (χ2n) is 4.21. The highest BCUT2D eigenvalue weighted by molar-refractivity contribution is 9.10. The van der Waals surface area contributed by atoms with Crippen LogP contribution in [-0.4, -0.2) is 24.1 Å². The standard InChI is InChI=1S/C13H16BrN5O/c1-19(7-9-3-5-10(20-2)6-4-9)13-11(14)12(18-15)16-8-17-13/h3-6,8H,7,15H2,1-2H3,(H,16,17,18). The number of nitrogens with one attached hydrogen (secondary N) is 1. The van der Waals surface area contributed by atoms with Crippen LogP contribution in [0.5, 0.6) is 5.75 Å². The summed E-state index contributed by atoms with van der Waals surface area (Å²) >= 11 is 3.45. The topological polar surface area (TPSA) is 76.3 Å². The molecule has 0 unspecified atom stereocenters. The maximum absolute atomic E-state index is 5.40. The molecule has 0 saturated carbocycles. The molecule has 2 aromatic rings. The van der Waals surface area contributed by atoms with Crippen molar-refractivity contribution < 1.29 is 4.74 Å². The lowest BCUT2D eigenvalue weighted by molar-refractivity contribution is 0.414. The molecule has 1 aromatic carbocycles. The zero-order valence-corrected chi connectivity index (χ0v) is 12.9. The Labute approximate surface area is 126 Å². The van der Waals surface area contributed by atoms with Crippen molar-refractivity contribution >= 4 is 27.6 Å². The fraction of sp³-hybridized carbons (Fsp3) is 0.231. The number of ether oxygens (including phenoxy) is 1. The van der Waals surface area contributed by atoms with Crippen LogP contribution < -0.4 is 20.9 Å². The fourth-order valence-corrected chi connectivity index (χ4v) is 2.43. The number of nitrogens with two attached hydrogens (primary N) is 1. The first kappa shape index (κ1) is 14.5. The third-order valence-electron chi connectivity index (χ3n) is 2.85. The minimum Gasteiger partial charge on any atom is -0.497 e. The van der Waals surface area contributed by atoms with Gasteiger partial charge in [0.15, 0.2) is 5.82 Å². The molecule has 0 bridgehead atoms. The number of benzene rings is 1. The number of anilines is 2. The molecule has 0 atom stereocenters. The summed E-state index contributed by atoms with van der Waals surface area (Å²) < 4.78 is 5.88. The largest absolute Gasteiger partial charge is 0.497 e. The molecule has 0 aliphatic heterocycles. The van der Waals surface area contributed by atoms with Gasteiger partial charge in [0.2, 0.25) is 0 Å². The average Bonchev–Trinajstić information content (AvgIpc) is 2.48. The predicted octanol–water partition coefficient (Wildman–Crippen LogP) is 2.17. The highest BCUT2D eigenvalue weighted by Crippen LogP contribution is 2.29. The minimum absolute atomic E-state index is 0.552. The first-order chi connectivity index (χ1) is 9.65. The van der Waals surface area contributed by atoms with E-state index in [0.717, 1.165) is 21.6 Å². The minimum atomic E-state index is 0.552. The molecule has 7 heteroatoms. The quantitative estimate of drug-likeness (QED) is 0.643. The van der Waals surface area contributed by atoms with Crippen LogP contribution in [0.3, 0.4) is 0 Å². The Kier molecular flexibility index (Phi) is 4.75. The van der Waals surface area contributed by atoms with E-state index in [4.69, 9.17) is 10.6 Å². The van der Waals surface area contributed by atoms with Crippen LogP contribution >= 0.6 is 15.9 Å². The summed E-state index contributed by atoms with van der Waals surface area (Å²) in [6, 6.07) is 7.91. The van der Waals surface area contributed by atoms with Crippen LogP contribution in [0.25, 0.3) is 0 Å². The Balaban J connectivity index is 2.16. The van der Waals surface area contributed by atoms with E-state index in [1.807, 2.05) is 36.2 Å². The van der Waals surface area contributed by atoms with Crippen LogP contribution in [0, 0.1) is 0 Å². The number of methoxy groups -OCH3 is 1. The fourth-order valence-electron chi connectivity index (χ4n) is 1.81. The third kappa shape index (κ3) is 3.17. The Morgan fingerprint density at radius 1 is 1.30 bits per heavy atom. The molecule has 0 amide bonds. The molecule has 20 heavy (non-hydrogen) atoms. The van der Waals surface area contributed by atoms with Crippen LogP contribution in [0.4, 0.5) is 11.6 Å². The van der Waals surface area contributed by atoms with Gasteiger partial charge >= 0.3 is 0 Å². The van der Waals surface area contributed by atoms with E-state index in [0.29, 0.717) is 12.4 Å². The lowest BCUT2D eigenvalue weighted by Crippen LogP contribution is -2.19. The molecule has 0 aliphatic carbocycles. The summed E-state index contributed by atoms with van der Waals surface area (Å²) in [6.07, 6.45) is 1.47. The van der Waals surface area contributed by atoms with E-state index in [2.05, 4.69) is 31.3 Å². The molecular formula is C13H16BrN5O. The highest BCUT2D eigenvalue weighted by Gasteiger charge is 2.12. The van der Waals surface area contributed by atoms with Crippen molar-refractivity contribution in [1.82, 2.24) is 9.97 Å². The molecular weight excluding hydrogens is 322 g/mol. The van der Waals surface area contributed by atoms with E-state index in [-0.39, 0.29) is 0 Å². The molecule has 0 fully saturated rings. The van der Waals surface area contributed by atoms with Gasteiger partial charge in [-0.05, 0) is 33.6 Å². The zero-order valence-electron chi connectivity index (χ0n) is 11.3. The van der Waals surface area contributed by atoms with Gasteiger partial charge < -0.3 is 15.1 Å². The highest BCUT2D eigenvalue weighted by atomic mass is 79.9. The van der Waals surface area contributed by atoms with Crippen molar-refractivity contribution in [2.45, 2.75) is 6.54 Å². The normalized spacial score (nSPS) is 10.2. The maximum Gasteiger partial charge on any atom is 0.159 e. The van der Waals surface area contributed by atoms with Crippen molar-refractivity contribution in [2.75, 3.05) is 24.5 Å². The summed E-state index contributed by atoms with van der Waals surface area (Å²) in [7, 11) is 3.61. The van der Waals surface area contributed by atoms with Gasteiger partial charge in [0.1, 0.15) is 22.4 Å². The smallest absolute Gasteiger partial charge is 0.159 e. The number of hydrogen-bond acceptors (Lipinski definition) is 6. The molecule has 0 saturated heterocycles. The van der Waals surface area contributed by atoms with Crippen molar-refractivity contribution in [3.05, 3.63) is 40.6 Å². The second kappa shape index (κ2) is 6.53. The van der Waals surface area contributed by atoms with Crippen molar-refractivity contribution in [1.29, 1.82) is 0 Å². The first-order valence-corrected chi connectivity index (χ1v) is 6.76. The predicted molar refractivity (Wildman–Crippen MR) is 82.6 cm³/mol. The number of rotatable bonds is 5. The lowest BCUT2D eigenvalue weighted by Gasteiger charge is -2.20. The second-order valence-corrected chi connectivity index (χ2v) is 5.00. The monoisotopic (exact) mass is 337 g/mol. The van der Waals surface area contributed by atoms with E-state index in [1.165, 1.54) is 6.33 Å². The number of aromatic nitrogens is 2. The molecule has 0 aliphatic rings. The van der Waals surface area contributed by atoms with Crippen molar-refractivity contribution in [3.8, 4) is 5.75 Å². The van der Waals surface area contributed by atoms with Gasteiger partial charge in [-0.25, -0.2) is 15.8 Å². The van der Waals surface area contributed by atoms with Gasteiger partial charge in [-0.2, -0.15) is 0 Å². The number of nitrogen functional groups attached to an aromatic ring is 1. The van der Waals surface area contributed by atoms with E-state index in [9.17, 15) is 0 Å². The maximum atomic E-state index is 5.40. The zero-order chi connectivity index (χ0) is 14.5. The van der Waals surface area contributed by atoms with Gasteiger partial charge in [0.05, 0.1) is 7.11 Å². The van der Waals surface area contributed by atoms with Crippen molar-refractivity contribution in [3.63, 3.8) is 0 Å². The van der Waals surface area contributed by atoms with Crippen LogP contribution in [0.2, 0.25) is 0 Å². The third-order valence-corrected chi connectivity index (χ3v) is 3.58. The van der Waals surface area contributed by atoms with E-state index in [1.54, 1.807) is 7.11 Å². The van der Waals surface area contributed by atoms with E-state index < -0.39 is 0 Å². The summed E-state index contributed by atoms with van der Waals surface area (Å²) in [4.78, 5) is 10.3. The van der Waals surface area contributed by atoms with Crippen molar-refractivity contribution in [2.24, 2.45) is 5.84 Å². The van der Waals surface area contributed by atoms with Gasteiger partial charge in [-0.15, -0.1) is 0 Å². The van der Waals surface area contributed by atoms with Gasteiger partial charge in [0.25, 0.3) is 0 Å². The van der Waals surface area contributed by atoms with Gasteiger partial charge in [0, 0.05) is 13.6 Å². The molecule has 6 nitrogen and oxygen atoms in total. The van der Waals surface area contributed by atoms with Gasteiger partial charge in [-0.1, -0.05) is 12.1 Å². The van der Waals surface area contributed by atoms with Crippen LogP contribution in [0.1, 0.15) is 5.56 Å². The number of halogens is 1. The molecule has 3 N–H and O–H groups in total. The number of hydrazine groups is 1. The summed E-state index contributed by atoms with van der Waals surface area (Å²) in [5, 5.41) is 0. The van der Waals surface area contributed by atoms with Gasteiger partial charge in [-0.3, -0.25) is 0 Å².